The average Bonchev–Trinajstić information content (AvgIpc) is 2.62. The third-order valence-electron chi connectivity index (χ3n) is 1.18. The molecule has 0 N–H and O–H groups in total. The molecule has 1 rings (SSSR count). The van der Waals surface area contributed by atoms with Crippen molar-refractivity contribution in [2.24, 2.45) is 15.5 Å². The lowest BCUT2D eigenvalue weighted by molar-refractivity contribution is 0.359. The monoisotopic (exact) mass is 168 g/mol. The van der Waals surface area contributed by atoms with E-state index in [2.05, 4.69) is 26.2 Å². The van der Waals surface area contributed by atoms with Gasteiger partial charge in [-0.2, -0.15) is 0 Å². The molecule has 12 heavy (non-hydrogen) atoms. The minimum Gasteiger partial charge on any atom is -0.451 e. The summed E-state index contributed by atoms with van der Waals surface area (Å²) in [6.45, 7) is 0. The van der Waals surface area contributed by atoms with Gasteiger partial charge in [0.15, 0.2) is 12.0 Å². The summed E-state index contributed by atoms with van der Waals surface area (Å²) in [6.07, 6.45) is 2.17. The van der Waals surface area contributed by atoms with Crippen LogP contribution in [0.4, 0.5) is 0 Å². The molecule has 0 amide bonds. The molecule has 1 aromatic heterocycles. The van der Waals surface area contributed by atoms with Gasteiger partial charge in [0, 0.05) is 15.5 Å². The zero-order valence-electron chi connectivity index (χ0n) is 5.63. The fourth-order valence-electron chi connectivity index (χ4n) is 0.606. The Labute approximate surface area is 65.7 Å². The first-order valence-corrected chi connectivity index (χ1v) is 2.79. The standard InChI is InChI=1S/C5H2N3O4/c9-6-5(7-10,8-11)4-2-1-3-12-4/h1-2H. The topological polar surface area (TPSA) is 101 Å². The van der Waals surface area contributed by atoms with Crippen LogP contribution in [0.5, 0.6) is 0 Å². The van der Waals surface area contributed by atoms with Crippen molar-refractivity contribution in [1.82, 2.24) is 0 Å². The van der Waals surface area contributed by atoms with Gasteiger partial charge in [-0.3, -0.25) is 0 Å². The van der Waals surface area contributed by atoms with Crippen LogP contribution in [-0.4, -0.2) is 0 Å². The van der Waals surface area contributed by atoms with Crippen molar-refractivity contribution >= 4 is 0 Å². The van der Waals surface area contributed by atoms with Gasteiger partial charge in [0.25, 0.3) is 0 Å². The van der Waals surface area contributed by atoms with Crippen molar-refractivity contribution in [1.29, 1.82) is 0 Å². The number of hydrogen-bond acceptors (Lipinski definition) is 7. The summed E-state index contributed by atoms with van der Waals surface area (Å²) in [5, 5.41) is 6.53. The Morgan fingerprint density at radius 2 is 1.83 bits per heavy atom. The third kappa shape index (κ3) is 1.00. The van der Waals surface area contributed by atoms with E-state index in [4.69, 9.17) is 0 Å². The minimum atomic E-state index is -2.54. The van der Waals surface area contributed by atoms with Crippen LogP contribution in [0, 0.1) is 21.0 Å². The van der Waals surface area contributed by atoms with Gasteiger partial charge in [-0.1, -0.05) is 0 Å². The normalized spacial score (nSPS) is 10.7. The van der Waals surface area contributed by atoms with Crippen molar-refractivity contribution in [3.8, 4) is 0 Å². The predicted molar refractivity (Wildman–Crippen MR) is 36.6 cm³/mol. The van der Waals surface area contributed by atoms with Gasteiger partial charge in [0.1, 0.15) is 0 Å². The Hall–Kier alpha value is -1.92. The first kappa shape index (κ1) is 8.18. The van der Waals surface area contributed by atoms with E-state index in [9.17, 15) is 14.7 Å². The molecule has 0 saturated carbocycles. The van der Waals surface area contributed by atoms with Crippen LogP contribution < -0.4 is 0 Å². The zero-order chi connectivity index (χ0) is 9.03. The van der Waals surface area contributed by atoms with Crippen molar-refractivity contribution < 1.29 is 4.42 Å². The molecule has 1 aromatic rings. The Balaban J connectivity index is 3.18. The largest absolute Gasteiger partial charge is 0.451 e. The smallest absolute Gasteiger partial charge is 0.414 e. The summed E-state index contributed by atoms with van der Waals surface area (Å²) in [5.74, 6) is -2.89. The Bertz CT molecular complexity index is 272. The van der Waals surface area contributed by atoms with Crippen LogP contribution in [0.15, 0.2) is 32.1 Å². The number of rotatable bonds is 4. The van der Waals surface area contributed by atoms with E-state index in [1.807, 2.05) is 0 Å². The first-order chi connectivity index (χ1) is 5.79. The quantitative estimate of drug-likeness (QED) is 0.635. The lowest BCUT2D eigenvalue weighted by Crippen LogP contribution is -2.14. The van der Waals surface area contributed by atoms with Gasteiger partial charge in [-0.15, -0.1) is 14.7 Å². The number of nitroso groups, excluding NO2 is 3. The highest BCUT2D eigenvalue weighted by atomic mass is 16.4. The van der Waals surface area contributed by atoms with E-state index in [0.717, 1.165) is 6.07 Å². The molecule has 0 aromatic carbocycles. The third-order valence-corrected chi connectivity index (χ3v) is 1.18. The van der Waals surface area contributed by atoms with Crippen molar-refractivity contribution in [2.75, 3.05) is 0 Å². The molecular weight excluding hydrogens is 166 g/mol. The summed E-state index contributed by atoms with van der Waals surface area (Å²) < 4.78 is 4.47. The molecule has 1 heterocycles. The fourth-order valence-corrected chi connectivity index (χ4v) is 0.606. The molecular formula is C5H2N3O4. The second-order valence-electron chi connectivity index (χ2n) is 1.83. The Morgan fingerprint density at radius 1 is 1.25 bits per heavy atom. The van der Waals surface area contributed by atoms with Crippen LogP contribution in [0.25, 0.3) is 0 Å². The maximum absolute atomic E-state index is 10.1. The van der Waals surface area contributed by atoms with Gasteiger partial charge in [-0.25, -0.2) is 0 Å². The van der Waals surface area contributed by atoms with Gasteiger partial charge in [-0.05, 0) is 12.1 Å². The number of furan rings is 1. The molecule has 0 atom stereocenters. The molecule has 7 nitrogen and oxygen atoms in total. The zero-order valence-corrected chi connectivity index (χ0v) is 5.63. The predicted octanol–water partition coefficient (Wildman–Crippen LogP) is 1.49. The molecule has 0 aliphatic carbocycles. The minimum absolute atomic E-state index is 0.345. The summed E-state index contributed by atoms with van der Waals surface area (Å²) >= 11 is 0. The summed E-state index contributed by atoms with van der Waals surface area (Å²) in [4.78, 5) is 30.2. The highest BCUT2D eigenvalue weighted by Gasteiger charge is 2.41. The molecule has 0 unspecified atom stereocenters. The highest BCUT2D eigenvalue weighted by molar-refractivity contribution is 5.10. The van der Waals surface area contributed by atoms with E-state index >= 15 is 0 Å². The van der Waals surface area contributed by atoms with Gasteiger partial charge >= 0.3 is 5.79 Å². The fraction of sp³-hybridized carbons (Fsp3) is 0.200. The second kappa shape index (κ2) is 2.99. The van der Waals surface area contributed by atoms with Crippen molar-refractivity contribution in [2.45, 2.75) is 5.79 Å². The molecule has 61 valence electrons. The molecule has 0 fully saturated rings. The van der Waals surface area contributed by atoms with E-state index < -0.39 is 5.79 Å². The lowest BCUT2D eigenvalue weighted by Gasteiger charge is -2.03. The second-order valence-corrected chi connectivity index (χ2v) is 1.83. The van der Waals surface area contributed by atoms with E-state index in [1.54, 1.807) is 0 Å². The van der Waals surface area contributed by atoms with Crippen LogP contribution in [0.2, 0.25) is 0 Å². The summed E-state index contributed by atoms with van der Waals surface area (Å²) in [5.41, 5.74) is 0. The van der Waals surface area contributed by atoms with Gasteiger partial charge in [0.2, 0.25) is 0 Å². The Morgan fingerprint density at radius 3 is 2.17 bits per heavy atom. The first-order valence-electron chi connectivity index (χ1n) is 2.79. The SMILES string of the molecule is O=NC(N=O)(N=O)c1cc[c]o1. The van der Waals surface area contributed by atoms with Crippen molar-refractivity contribution in [3.63, 3.8) is 0 Å². The Kier molecular flexibility index (Phi) is 2.04. The van der Waals surface area contributed by atoms with Crippen molar-refractivity contribution in [3.05, 3.63) is 38.9 Å². The maximum atomic E-state index is 10.1. The maximum Gasteiger partial charge on any atom is 0.414 e. The summed E-state index contributed by atoms with van der Waals surface area (Å²) in [7, 11) is 0. The molecule has 1 radical (unpaired) electrons. The van der Waals surface area contributed by atoms with E-state index in [1.165, 1.54) is 6.07 Å². The lowest BCUT2D eigenvalue weighted by atomic mass is 10.3. The number of nitrogens with zero attached hydrogens (tertiary/aromatic N) is 3. The molecule has 0 aliphatic rings. The molecule has 0 aliphatic heterocycles. The summed E-state index contributed by atoms with van der Waals surface area (Å²) in [6, 6.07) is 2.41. The highest BCUT2D eigenvalue weighted by Crippen LogP contribution is 2.28. The van der Waals surface area contributed by atoms with E-state index in [-0.39, 0.29) is 5.76 Å². The van der Waals surface area contributed by atoms with Crippen LogP contribution in [-0.2, 0) is 5.79 Å². The van der Waals surface area contributed by atoms with Crippen LogP contribution >= 0.6 is 0 Å². The molecule has 0 saturated heterocycles. The van der Waals surface area contributed by atoms with Crippen LogP contribution in [0.1, 0.15) is 5.76 Å². The van der Waals surface area contributed by atoms with E-state index in [0.29, 0.717) is 0 Å². The number of hydrogen-bond donors (Lipinski definition) is 0. The molecule has 7 heteroatoms. The van der Waals surface area contributed by atoms with Gasteiger partial charge in [0.05, 0.1) is 0 Å². The average molecular weight is 168 g/mol. The van der Waals surface area contributed by atoms with Gasteiger partial charge < -0.3 is 4.42 Å². The molecule has 0 spiro atoms. The van der Waals surface area contributed by atoms with Crippen LogP contribution in [0.3, 0.4) is 0 Å². The molecule has 0 bridgehead atoms.